The van der Waals surface area contributed by atoms with Crippen molar-refractivity contribution in [2.45, 2.75) is 17.7 Å². The van der Waals surface area contributed by atoms with E-state index in [0.29, 0.717) is 17.3 Å². The minimum Gasteiger partial charge on any atom is -0.346 e. The number of thioether (sulfide) groups is 1. The molecule has 0 aliphatic carbocycles. The molecule has 7 heteroatoms. The van der Waals surface area contributed by atoms with Crippen molar-refractivity contribution in [1.29, 1.82) is 0 Å². The molecule has 2 aromatic rings. The van der Waals surface area contributed by atoms with Crippen LogP contribution in [0.15, 0.2) is 65.7 Å². The lowest BCUT2D eigenvalue weighted by molar-refractivity contribution is 0.100. The van der Waals surface area contributed by atoms with Crippen LogP contribution in [-0.2, 0) is 16.3 Å². The molecular weight excluding hydrogens is 380 g/mol. The summed E-state index contributed by atoms with van der Waals surface area (Å²) in [5.41, 5.74) is 1.72. The molecule has 140 valence electrons. The Kier molecular flexibility index (Phi) is 5.06. The van der Waals surface area contributed by atoms with E-state index in [1.54, 1.807) is 12.1 Å². The summed E-state index contributed by atoms with van der Waals surface area (Å²) in [6, 6.07) is 18.9. The number of amides is 1. The molecule has 0 spiro atoms. The normalized spacial score (nSPS) is 24.9. The molecule has 0 aromatic heterocycles. The molecule has 4 rings (SSSR count). The van der Waals surface area contributed by atoms with Crippen LogP contribution in [0.3, 0.4) is 0 Å². The molecule has 0 N–H and O–H groups in total. The Morgan fingerprint density at radius 1 is 1.04 bits per heavy atom. The average molecular weight is 401 g/mol. The van der Waals surface area contributed by atoms with Gasteiger partial charge in [0, 0.05) is 17.4 Å². The van der Waals surface area contributed by atoms with E-state index in [-0.39, 0.29) is 28.7 Å². The van der Waals surface area contributed by atoms with Crippen molar-refractivity contribution in [2.75, 3.05) is 18.1 Å². The highest BCUT2D eigenvalue weighted by Gasteiger charge is 2.48. The number of sulfone groups is 1. The molecule has 27 heavy (non-hydrogen) atoms. The predicted molar refractivity (Wildman–Crippen MR) is 109 cm³/mol. The SMILES string of the molecule is O=C(N=C1S[C@H]2CS(=O)(=O)C[C@@H]2N1CCc1ccccc1)c1ccccc1. The van der Waals surface area contributed by atoms with Gasteiger partial charge in [0.1, 0.15) is 0 Å². The van der Waals surface area contributed by atoms with Gasteiger partial charge in [0.25, 0.3) is 5.91 Å². The van der Waals surface area contributed by atoms with Gasteiger partial charge in [0.15, 0.2) is 15.0 Å². The number of benzene rings is 2. The fourth-order valence-electron chi connectivity index (χ4n) is 3.52. The number of amidine groups is 1. The number of carbonyl (C=O) groups is 1. The van der Waals surface area contributed by atoms with E-state index in [4.69, 9.17) is 0 Å². The summed E-state index contributed by atoms with van der Waals surface area (Å²) in [7, 11) is -3.03. The lowest BCUT2D eigenvalue weighted by Crippen LogP contribution is -2.39. The van der Waals surface area contributed by atoms with Gasteiger partial charge in [-0.15, -0.1) is 0 Å². The van der Waals surface area contributed by atoms with Crippen LogP contribution in [0.4, 0.5) is 0 Å². The highest BCUT2D eigenvalue weighted by Crippen LogP contribution is 2.38. The minimum atomic E-state index is -3.03. The third-order valence-electron chi connectivity index (χ3n) is 4.88. The van der Waals surface area contributed by atoms with Gasteiger partial charge < -0.3 is 4.90 Å². The Morgan fingerprint density at radius 3 is 2.41 bits per heavy atom. The second-order valence-corrected chi connectivity index (χ2v) is 10.2. The first-order chi connectivity index (χ1) is 13.0. The van der Waals surface area contributed by atoms with Gasteiger partial charge in [0.05, 0.1) is 17.5 Å². The number of aliphatic imine (C=N–C) groups is 1. The number of rotatable bonds is 4. The summed E-state index contributed by atoms with van der Waals surface area (Å²) in [6.07, 6.45) is 0.781. The summed E-state index contributed by atoms with van der Waals surface area (Å²) in [6.45, 7) is 0.647. The maximum Gasteiger partial charge on any atom is 0.279 e. The molecule has 2 heterocycles. The van der Waals surface area contributed by atoms with Crippen molar-refractivity contribution in [3.63, 3.8) is 0 Å². The number of fused-ring (bicyclic) bond motifs is 1. The monoisotopic (exact) mass is 400 g/mol. The van der Waals surface area contributed by atoms with Crippen molar-refractivity contribution in [2.24, 2.45) is 4.99 Å². The van der Waals surface area contributed by atoms with Gasteiger partial charge in [-0.3, -0.25) is 4.79 Å². The molecule has 5 nitrogen and oxygen atoms in total. The van der Waals surface area contributed by atoms with Crippen molar-refractivity contribution in [3.05, 3.63) is 71.8 Å². The molecule has 2 aromatic carbocycles. The summed E-state index contributed by atoms with van der Waals surface area (Å²) >= 11 is 1.43. The minimum absolute atomic E-state index is 0.0481. The zero-order valence-corrected chi connectivity index (χ0v) is 16.3. The third-order valence-corrected chi connectivity index (χ3v) is 8.12. The second-order valence-electron chi connectivity index (χ2n) is 6.80. The highest BCUT2D eigenvalue weighted by atomic mass is 32.2. The second kappa shape index (κ2) is 7.48. The quantitative estimate of drug-likeness (QED) is 0.789. The molecule has 0 radical (unpaired) electrons. The summed E-state index contributed by atoms with van der Waals surface area (Å²) in [5.74, 6) is 0.00594. The van der Waals surface area contributed by atoms with E-state index in [9.17, 15) is 13.2 Å². The lowest BCUT2D eigenvalue weighted by atomic mass is 10.1. The van der Waals surface area contributed by atoms with Gasteiger partial charge in [0.2, 0.25) is 0 Å². The maximum absolute atomic E-state index is 12.5. The first-order valence-electron chi connectivity index (χ1n) is 8.87. The van der Waals surface area contributed by atoms with Crippen LogP contribution in [0.5, 0.6) is 0 Å². The fourth-order valence-corrected chi connectivity index (χ4v) is 7.50. The van der Waals surface area contributed by atoms with Crippen LogP contribution >= 0.6 is 11.8 Å². The van der Waals surface area contributed by atoms with E-state index in [0.717, 1.165) is 6.42 Å². The maximum atomic E-state index is 12.5. The number of carbonyl (C=O) groups excluding carboxylic acids is 1. The smallest absolute Gasteiger partial charge is 0.279 e. The van der Waals surface area contributed by atoms with Crippen LogP contribution in [0.25, 0.3) is 0 Å². The summed E-state index contributed by atoms with van der Waals surface area (Å²) in [4.78, 5) is 18.9. The average Bonchev–Trinajstić information content (AvgIpc) is 3.12. The van der Waals surface area contributed by atoms with E-state index in [1.807, 2.05) is 41.3 Å². The fraction of sp³-hybridized carbons (Fsp3) is 0.300. The zero-order valence-electron chi connectivity index (χ0n) is 14.7. The molecule has 2 atom stereocenters. The van der Waals surface area contributed by atoms with Crippen LogP contribution in [0, 0.1) is 0 Å². The van der Waals surface area contributed by atoms with Crippen molar-refractivity contribution < 1.29 is 13.2 Å². The molecule has 0 unspecified atom stereocenters. The molecule has 1 amide bonds. The van der Waals surface area contributed by atoms with E-state index < -0.39 is 9.84 Å². The standard InChI is InChI=1S/C20H20N2O3S2/c23-19(16-9-5-2-6-10-16)21-20-22(12-11-15-7-3-1-4-8-15)17-13-27(24,25)14-18(17)26-20/h1-10,17-18H,11-14H2/t17-,18-/m0/s1. The summed E-state index contributed by atoms with van der Waals surface area (Å²) in [5, 5.41) is 0.595. The number of nitrogens with zero attached hydrogens (tertiary/aromatic N) is 2. The Balaban J connectivity index is 1.57. The Morgan fingerprint density at radius 2 is 1.70 bits per heavy atom. The molecule has 2 aliphatic rings. The third kappa shape index (κ3) is 4.09. The Bertz CT molecular complexity index is 959. The number of hydrogen-bond acceptors (Lipinski definition) is 4. The van der Waals surface area contributed by atoms with Gasteiger partial charge in [-0.25, -0.2) is 8.42 Å². The van der Waals surface area contributed by atoms with Crippen molar-refractivity contribution in [3.8, 4) is 0 Å². The molecule has 2 saturated heterocycles. The van der Waals surface area contributed by atoms with Crippen LogP contribution in [0.2, 0.25) is 0 Å². The Hall–Kier alpha value is -2.12. The van der Waals surface area contributed by atoms with Crippen molar-refractivity contribution in [1.82, 2.24) is 4.90 Å². The lowest BCUT2D eigenvalue weighted by Gasteiger charge is -2.24. The van der Waals surface area contributed by atoms with Crippen LogP contribution in [-0.4, -0.2) is 53.7 Å². The Labute approximate surface area is 163 Å². The largest absolute Gasteiger partial charge is 0.346 e. The molecule has 2 aliphatic heterocycles. The van der Waals surface area contributed by atoms with Crippen LogP contribution < -0.4 is 0 Å². The van der Waals surface area contributed by atoms with Gasteiger partial charge in [-0.2, -0.15) is 4.99 Å². The molecule has 2 fully saturated rings. The topological polar surface area (TPSA) is 66.8 Å². The highest BCUT2D eigenvalue weighted by molar-refractivity contribution is 8.15. The predicted octanol–water partition coefficient (Wildman–Crippen LogP) is 2.64. The van der Waals surface area contributed by atoms with E-state index in [2.05, 4.69) is 17.1 Å². The van der Waals surface area contributed by atoms with Crippen LogP contribution in [0.1, 0.15) is 15.9 Å². The van der Waals surface area contributed by atoms with E-state index in [1.165, 1.54) is 17.3 Å². The van der Waals surface area contributed by atoms with Gasteiger partial charge >= 0.3 is 0 Å². The molecule has 0 saturated carbocycles. The first kappa shape index (κ1) is 18.3. The zero-order chi connectivity index (χ0) is 18.9. The van der Waals surface area contributed by atoms with Gasteiger partial charge in [-0.1, -0.05) is 60.3 Å². The molecule has 0 bridgehead atoms. The number of hydrogen-bond donors (Lipinski definition) is 0. The summed E-state index contributed by atoms with van der Waals surface area (Å²) < 4.78 is 24.1. The van der Waals surface area contributed by atoms with E-state index >= 15 is 0 Å². The van der Waals surface area contributed by atoms with Crippen molar-refractivity contribution >= 4 is 32.7 Å². The molecular formula is C20H20N2O3S2. The first-order valence-corrected chi connectivity index (χ1v) is 11.6. The van der Waals surface area contributed by atoms with Gasteiger partial charge in [-0.05, 0) is 24.1 Å².